The molecule has 3 nitrogen and oxygen atoms in total. The second-order valence-corrected chi connectivity index (χ2v) is 7.42. The van der Waals surface area contributed by atoms with Gasteiger partial charge in [-0.05, 0) is 71.8 Å². The van der Waals surface area contributed by atoms with Crippen molar-refractivity contribution in [3.05, 3.63) is 94.5 Å². The first-order valence-electron chi connectivity index (χ1n) is 10.6. The summed E-state index contributed by atoms with van der Waals surface area (Å²) < 4.78 is 11.8. The average molecular weight is 388 g/mol. The van der Waals surface area contributed by atoms with Crippen LogP contribution in [0.5, 0.6) is 11.5 Å². The van der Waals surface area contributed by atoms with Crippen LogP contribution in [0.1, 0.15) is 47.7 Å². The zero-order valence-electron chi connectivity index (χ0n) is 17.3. The van der Waals surface area contributed by atoms with E-state index in [0.29, 0.717) is 13.2 Å². The fourth-order valence-corrected chi connectivity index (χ4v) is 4.08. The summed E-state index contributed by atoms with van der Waals surface area (Å²) in [6, 6.07) is 23.6. The molecule has 1 heterocycles. The Morgan fingerprint density at radius 1 is 0.862 bits per heavy atom. The monoisotopic (exact) mass is 387 g/mol. The standard InChI is InChI=1S/C26H29NO2/c1-3-20-16-22(28-4-2)10-12-24(20)26-25-13-11-23(17-21(25)14-15-27-26)29-18-19-8-6-5-7-9-19/h5-13,16-17,26-27H,3-4,14-15,18H2,1-2H3. The molecule has 0 spiro atoms. The number of nitrogens with one attached hydrogen (secondary N) is 1. The van der Waals surface area contributed by atoms with Gasteiger partial charge in [-0.1, -0.05) is 49.4 Å². The Balaban J connectivity index is 1.57. The maximum absolute atomic E-state index is 6.05. The van der Waals surface area contributed by atoms with Crippen molar-refractivity contribution in [2.75, 3.05) is 13.2 Å². The molecule has 150 valence electrons. The van der Waals surface area contributed by atoms with E-state index >= 15 is 0 Å². The lowest BCUT2D eigenvalue weighted by atomic mass is 9.87. The number of ether oxygens (including phenoxy) is 2. The molecule has 0 fully saturated rings. The number of aryl methyl sites for hydroxylation is 1. The molecule has 4 rings (SSSR count). The van der Waals surface area contributed by atoms with Crippen molar-refractivity contribution in [1.82, 2.24) is 5.32 Å². The van der Waals surface area contributed by atoms with Gasteiger partial charge in [0, 0.05) is 6.54 Å². The number of rotatable bonds is 7. The van der Waals surface area contributed by atoms with Crippen LogP contribution in [-0.4, -0.2) is 13.2 Å². The molecule has 0 radical (unpaired) electrons. The van der Waals surface area contributed by atoms with Gasteiger partial charge in [-0.15, -0.1) is 0 Å². The topological polar surface area (TPSA) is 30.5 Å². The summed E-state index contributed by atoms with van der Waals surface area (Å²) in [5.74, 6) is 1.89. The summed E-state index contributed by atoms with van der Waals surface area (Å²) in [4.78, 5) is 0. The Labute approximate surface area is 173 Å². The largest absolute Gasteiger partial charge is 0.494 e. The van der Waals surface area contributed by atoms with Crippen molar-refractivity contribution in [3.8, 4) is 11.5 Å². The van der Waals surface area contributed by atoms with Crippen LogP contribution in [0, 0.1) is 0 Å². The molecule has 0 aliphatic carbocycles. The maximum atomic E-state index is 6.05. The Bertz CT molecular complexity index is 952. The second-order valence-electron chi connectivity index (χ2n) is 7.42. The van der Waals surface area contributed by atoms with Gasteiger partial charge in [0.1, 0.15) is 18.1 Å². The van der Waals surface area contributed by atoms with Crippen LogP contribution < -0.4 is 14.8 Å². The molecule has 1 unspecified atom stereocenters. The smallest absolute Gasteiger partial charge is 0.120 e. The Hall–Kier alpha value is -2.78. The first kappa shape index (κ1) is 19.5. The quantitative estimate of drug-likeness (QED) is 0.584. The van der Waals surface area contributed by atoms with Crippen molar-refractivity contribution in [2.24, 2.45) is 0 Å². The van der Waals surface area contributed by atoms with Crippen molar-refractivity contribution >= 4 is 0 Å². The van der Waals surface area contributed by atoms with Gasteiger partial charge in [-0.25, -0.2) is 0 Å². The lowest BCUT2D eigenvalue weighted by molar-refractivity contribution is 0.305. The number of hydrogen-bond donors (Lipinski definition) is 1. The van der Waals surface area contributed by atoms with Crippen LogP contribution in [0.3, 0.4) is 0 Å². The predicted molar refractivity (Wildman–Crippen MR) is 118 cm³/mol. The third kappa shape index (κ3) is 4.46. The molecule has 1 aliphatic heterocycles. The molecular formula is C26H29NO2. The van der Waals surface area contributed by atoms with Crippen LogP contribution in [0.25, 0.3) is 0 Å². The molecule has 3 aromatic carbocycles. The van der Waals surface area contributed by atoms with E-state index in [2.05, 4.69) is 60.8 Å². The van der Waals surface area contributed by atoms with Gasteiger partial charge in [-0.3, -0.25) is 0 Å². The van der Waals surface area contributed by atoms with E-state index in [1.807, 2.05) is 25.1 Å². The summed E-state index contributed by atoms with van der Waals surface area (Å²) >= 11 is 0. The minimum Gasteiger partial charge on any atom is -0.494 e. The molecule has 0 saturated heterocycles. The van der Waals surface area contributed by atoms with Crippen molar-refractivity contribution in [1.29, 1.82) is 0 Å². The summed E-state index contributed by atoms with van der Waals surface area (Å²) in [7, 11) is 0. The third-order valence-corrected chi connectivity index (χ3v) is 5.53. The van der Waals surface area contributed by atoms with Crippen LogP contribution in [0.15, 0.2) is 66.7 Å². The van der Waals surface area contributed by atoms with Crippen LogP contribution in [-0.2, 0) is 19.4 Å². The zero-order valence-corrected chi connectivity index (χ0v) is 17.3. The zero-order chi connectivity index (χ0) is 20.1. The molecule has 0 bridgehead atoms. The van der Waals surface area contributed by atoms with Gasteiger partial charge < -0.3 is 14.8 Å². The van der Waals surface area contributed by atoms with Crippen LogP contribution >= 0.6 is 0 Å². The molecule has 3 heteroatoms. The number of benzene rings is 3. The molecular weight excluding hydrogens is 358 g/mol. The van der Waals surface area contributed by atoms with Crippen LogP contribution in [0.4, 0.5) is 0 Å². The maximum Gasteiger partial charge on any atom is 0.120 e. The van der Waals surface area contributed by atoms with Gasteiger partial charge in [0.2, 0.25) is 0 Å². The molecule has 1 atom stereocenters. The Morgan fingerprint density at radius 2 is 1.62 bits per heavy atom. The van der Waals surface area contributed by atoms with Gasteiger partial charge in [0.05, 0.1) is 12.6 Å². The SMILES string of the molecule is CCOc1ccc(C2NCCc3cc(OCc4ccccc4)ccc32)c(CC)c1. The number of hydrogen-bond acceptors (Lipinski definition) is 3. The molecule has 29 heavy (non-hydrogen) atoms. The third-order valence-electron chi connectivity index (χ3n) is 5.53. The molecule has 0 amide bonds. The molecule has 1 aliphatic rings. The van der Waals surface area contributed by atoms with E-state index in [0.717, 1.165) is 30.9 Å². The lowest BCUT2D eigenvalue weighted by Gasteiger charge is -2.29. The van der Waals surface area contributed by atoms with Gasteiger partial charge in [0.25, 0.3) is 0 Å². The summed E-state index contributed by atoms with van der Waals surface area (Å²) in [6.45, 7) is 6.49. The molecule has 0 aromatic heterocycles. The molecule has 3 aromatic rings. The lowest BCUT2D eigenvalue weighted by Crippen LogP contribution is -2.31. The Morgan fingerprint density at radius 3 is 2.38 bits per heavy atom. The fraction of sp³-hybridized carbons (Fsp3) is 0.308. The molecule has 0 saturated carbocycles. The minimum absolute atomic E-state index is 0.215. The van der Waals surface area contributed by atoms with E-state index in [-0.39, 0.29) is 6.04 Å². The van der Waals surface area contributed by atoms with E-state index in [9.17, 15) is 0 Å². The highest BCUT2D eigenvalue weighted by Crippen LogP contribution is 2.34. The van der Waals surface area contributed by atoms with E-state index in [4.69, 9.17) is 9.47 Å². The first-order chi connectivity index (χ1) is 14.3. The summed E-state index contributed by atoms with van der Waals surface area (Å²) in [5.41, 5.74) is 6.59. The highest BCUT2D eigenvalue weighted by molar-refractivity contribution is 5.47. The van der Waals surface area contributed by atoms with Gasteiger partial charge >= 0.3 is 0 Å². The van der Waals surface area contributed by atoms with Crippen molar-refractivity contribution in [3.63, 3.8) is 0 Å². The average Bonchev–Trinajstić information content (AvgIpc) is 2.78. The number of fused-ring (bicyclic) bond motifs is 1. The van der Waals surface area contributed by atoms with Crippen molar-refractivity contribution < 1.29 is 9.47 Å². The highest BCUT2D eigenvalue weighted by Gasteiger charge is 2.23. The fourth-order valence-electron chi connectivity index (χ4n) is 4.08. The second kappa shape index (κ2) is 9.15. The van der Waals surface area contributed by atoms with Gasteiger partial charge in [-0.2, -0.15) is 0 Å². The van der Waals surface area contributed by atoms with Crippen molar-refractivity contribution in [2.45, 2.75) is 39.3 Å². The molecule has 1 N–H and O–H groups in total. The Kier molecular flexibility index (Phi) is 6.16. The normalized spacial score (nSPS) is 15.6. The summed E-state index contributed by atoms with van der Waals surface area (Å²) in [5, 5.41) is 3.71. The summed E-state index contributed by atoms with van der Waals surface area (Å²) in [6.07, 6.45) is 2.01. The van der Waals surface area contributed by atoms with E-state index in [1.54, 1.807) is 0 Å². The van der Waals surface area contributed by atoms with E-state index < -0.39 is 0 Å². The predicted octanol–water partition coefficient (Wildman–Crippen LogP) is 5.46. The highest BCUT2D eigenvalue weighted by atomic mass is 16.5. The van der Waals surface area contributed by atoms with E-state index in [1.165, 1.54) is 27.8 Å². The first-order valence-corrected chi connectivity index (χ1v) is 10.6. The van der Waals surface area contributed by atoms with Gasteiger partial charge in [0.15, 0.2) is 0 Å². The van der Waals surface area contributed by atoms with Crippen LogP contribution in [0.2, 0.25) is 0 Å². The minimum atomic E-state index is 0.215.